The Balaban J connectivity index is 2.12. The molecule has 1 heterocycles. The highest BCUT2D eigenvalue weighted by Crippen LogP contribution is 2.40. The molecule has 0 aliphatic carbocycles. The van der Waals surface area contributed by atoms with Crippen molar-refractivity contribution in [3.63, 3.8) is 0 Å². The molecule has 0 aromatic heterocycles. The van der Waals surface area contributed by atoms with Gasteiger partial charge in [0, 0.05) is 12.1 Å². The summed E-state index contributed by atoms with van der Waals surface area (Å²) >= 11 is 0. The fourth-order valence-electron chi connectivity index (χ4n) is 3.97. The topological polar surface area (TPSA) is 76.1 Å². The third kappa shape index (κ3) is 5.11. The highest BCUT2D eigenvalue weighted by molar-refractivity contribution is 6.46. The average molecular weight is 450 g/mol. The molecule has 1 saturated heterocycles. The van der Waals surface area contributed by atoms with Crippen LogP contribution in [-0.4, -0.2) is 41.0 Å². The van der Waals surface area contributed by atoms with E-state index in [9.17, 15) is 14.7 Å². The van der Waals surface area contributed by atoms with E-state index in [2.05, 4.69) is 6.58 Å². The summed E-state index contributed by atoms with van der Waals surface area (Å²) in [6, 6.07) is 11.8. The van der Waals surface area contributed by atoms with Gasteiger partial charge in [-0.2, -0.15) is 0 Å². The molecule has 1 N–H and O–H groups in total. The second-order valence-electron chi connectivity index (χ2n) is 8.31. The molecule has 1 aliphatic heterocycles. The number of rotatable bonds is 9. The number of carbonyl (C=O) groups is 2. The Morgan fingerprint density at radius 3 is 2.61 bits per heavy atom. The number of aliphatic hydroxyl groups is 1. The minimum atomic E-state index is -0.705. The highest BCUT2D eigenvalue weighted by Gasteiger charge is 2.45. The van der Waals surface area contributed by atoms with E-state index in [0.29, 0.717) is 42.2 Å². The maximum atomic E-state index is 13.1. The molecule has 0 radical (unpaired) electrons. The number of likely N-dealkylation sites (tertiary alicyclic amines) is 1. The van der Waals surface area contributed by atoms with Crippen LogP contribution in [0.25, 0.3) is 5.76 Å². The lowest BCUT2D eigenvalue weighted by atomic mass is 9.94. The number of Topliss-reactive ketones (excluding diaryl/α,β-unsaturated/α-hetero) is 1. The summed E-state index contributed by atoms with van der Waals surface area (Å²) in [7, 11) is 0. The number of hydrogen-bond donors (Lipinski definition) is 1. The molecule has 0 bridgehead atoms. The smallest absolute Gasteiger partial charge is 0.295 e. The van der Waals surface area contributed by atoms with Crippen molar-refractivity contribution in [2.75, 3.05) is 13.2 Å². The third-order valence-corrected chi connectivity index (χ3v) is 5.36. The van der Waals surface area contributed by atoms with Gasteiger partial charge in [-0.15, -0.1) is 0 Å². The van der Waals surface area contributed by atoms with Crippen LogP contribution in [0.5, 0.6) is 11.5 Å². The maximum absolute atomic E-state index is 13.1. The summed E-state index contributed by atoms with van der Waals surface area (Å²) in [4.78, 5) is 27.5. The van der Waals surface area contributed by atoms with Crippen LogP contribution in [0, 0.1) is 6.92 Å². The van der Waals surface area contributed by atoms with Crippen LogP contribution < -0.4 is 9.47 Å². The van der Waals surface area contributed by atoms with E-state index < -0.39 is 17.7 Å². The van der Waals surface area contributed by atoms with Gasteiger partial charge in [-0.05, 0) is 68.7 Å². The molecule has 1 atom stereocenters. The lowest BCUT2D eigenvalue weighted by Gasteiger charge is -2.25. The molecule has 2 aromatic rings. The number of amides is 1. The monoisotopic (exact) mass is 449 g/mol. The molecular formula is C27H31NO5. The molecule has 1 aliphatic rings. The minimum absolute atomic E-state index is 0.0121. The Morgan fingerprint density at radius 1 is 1.21 bits per heavy atom. The van der Waals surface area contributed by atoms with E-state index in [1.807, 2.05) is 39.8 Å². The summed E-state index contributed by atoms with van der Waals surface area (Å²) in [5.74, 6) is -0.202. The first-order valence-corrected chi connectivity index (χ1v) is 11.2. The van der Waals surface area contributed by atoms with Gasteiger partial charge in [0.1, 0.15) is 23.9 Å². The molecule has 1 amide bonds. The molecule has 6 nitrogen and oxygen atoms in total. The van der Waals surface area contributed by atoms with Crippen molar-refractivity contribution in [2.24, 2.45) is 0 Å². The van der Waals surface area contributed by atoms with Crippen LogP contribution in [0.15, 0.2) is 60.7 Å². The molecule has 0 saturated carbocycles. The van der Waals surface area contributed by atoms with Gasteiger partial charge in [0.25, 0.3) is 11.7 Å². The Labute approximate surface area is 195 Å². The molecule has 2 aromatic carbocycles. The second kappa shape index (κ2) is 10.4. The second-order valence-corrected chi connectivity index (χ2v) is 8.31. The van der Waals surface area contributed by atoms with Crippen LogP contribution in [-0.2, 0) is 9.59 Å². The standard InChI is InChI=1S/C27H31NO5/c1-6-13-28-24(19-9-8-10-21(16-19)32-14-7-2)23(26(30)27(28)31)25(29)20-11-12-22(18(5)15-20)33-17(3)4/h7-12,15-17,24,29H,2,6,13-14H2,1,3-5H3/b25-23+. The van der Waals surface area contributed by atoms with E-state index in [1.165, 1.54) is 4.90 Å². The SMILES string of the molecule is C=CCOc1cccc(C2/C(=C(\O)c3ccc(OC(C)C)c(C)c3)C(=O)C(=O)N2CCC)c1. The number of nitrogens with zero attached hydrogens (tertiary/aromatic N) is 1. The number of carbonyl (C=O) groups excluding carboxylic acids is 2. The summed E-state index contributed by atoms with van der Waals surface area (Å²) in [6.45, 7) is 12.1. The molecule has 0 spiro atoms. The van der Waals surface area contributed by atoms with Crippen molar-refractivity contribution in [1.82, 2.24) is 4.90 Å². The van der Waals surface area contributed by atoms with Crippen molar-refractivity contribution < 1.29 is 24.2 Å². The van der Waals surface area contributed by atoms with E-state index in [1.54, 1.807) is 36.4 Å². The molecule has 33 heavy (non-hydrogen) atoms. The summed E-state index contributed by atoms with van der Waals surface area (Å²) in [5, 5.41) is 11.2. The number of aliphatic hydroxyl groups excluding tert-OH is 1. The predicted molar refractivity (Wildman–Crippen MR) is 128 cm³/mol. The summed E-state index contributed by atoms with van der Waals surface area (Å²) in [6.07, 6.45) is 2.33. The summed E-state index contributed by atoms with van der Waals surface area (Å²) < 4.78 is 11.4. The first-order valence-electron chi connectivity index (χ1n) is 11.2. The third-order valence-electron chi connectivity index (χ3n) is 5.36. The van der Waals surface area contributed by atoms with Crippen molar-refractivity contribution in [3.05, 3.63) is 77.4 Å². The quantitative estimate of drug-likeness (QED) is 0.247. The van der Waals surface area contributed by atoms with Gasteiger partial charge < -0.3 is 19.5 Å². The van der Waals surface area contributed by atoms with Crippen molar-refractivity contribution in [2.45, 2.75) is 46.3 Å². The van der Waals surface area contributed by atoms with Gasteiger partial charge in [-0.1, -0.05) is 31.7 Å². The Hall–Kier alpha value is -3.54. The van der Waals surface area contributed by atoms with Crippen LogP contribution in [0.4, 0.5) is 0 Å². The zero-order chi connectivity index (χ0) is 24.1. The Morgan fingerprint density at radius 2 is 1.97 bits per heavy atom. The van der Waals surface area contributed by atoms with Gasteiger partial charge in [-0.25, -0.2) is 0 Å². The van der Waals surface area contributed by atoms with Crippen LogP contribution in [0.1, 0.15) is 49.9 Å². The highest BCUT2D eigenvalue weighted by atomic mass is 16.5. The first kappa shape index (κ1) is 24.1. The molecule has 6 heteroatoms. The minimum Gasteiger partial charge on any atom is -0.507 e. The lowest BCUT2D eigenvalue weighted by molar-refractivity contribution is -0.139. The molecule has 3 rings (SSSR count). The number of benzene rings is 2. The van der Waals surface area contributed by atoms with Crippen LogP contribution in [0.3, 0.4) is 0 Å². The van der Waals surface area contributed by atoms with Gasteiger partial charge in [0.2, 0.25) is 0 Å². The number of ether oxygens (including phenoxy) is 2. The first-order chi connectivity index (χ1) is 15.8. The van der Waals surface area contributed by atoms with Crippen LogP contribution in [0.2, 0.25) is 0 Å². The molecule has 174 valence electrons. The fourth-order valence-corrected chi connectivity index (χ4v) is 3.97. The molecular weight excluding hydrogens is 418 g/mol. The van der Waals surface area contributed by atoms with Gasteiger partial charge in [0.15, 0.2) is 0 Å². The van der Waals surface area contributed by atoms with E-state index >= 15 is 0 Å². The van der Waals surface area contributed by atoms with E-state index in [-0.39, 0.29) is 17.4 Å². The molecule has 1 unspecified atom stereocenters. The van der Waals surface area contributed by atoms with Crippen LogP contribution >= 0.6 is 0 Å². The van der Waals surface area contributed by atoms with Gasteiger partial charge in [0.05, 0.1) is 17.7 Å². The number of hydrogen-bond acceptors (Lipinski definition) is 5. The normalized spacial score (nSPS) is 17.5. The average Bonchev–Trinajstić information content (AvgIpc) is 3.03. The number of ketones is 1. The zero-order valence-electron chi connectivity index (χ0n) is 19.6. The zero-order valence-corrected chi connectivity index (χ0v) is 19.6. The lowest BCUT2D eigenvalue weighted by Crippen LogP contribution is -2.30. The Bertz CT molecular complexity index is 1090. The summed E-state index contributed by atoms with van der Waals surface area (Å²) in [5.41, 5.74) is 2.06. The Kier molecular flexibility index (Phi) is 7.59. The van der Waals surface area contributed by atoms with Gasteiger partial charge >= 0.3 is 0 Å². The number of aryl methyl sites for hydroxylation is 1. The maximum Gasteiger partial charge on any atom is 0.295 e. The van der Waals surface area contributed by atoms with Crippen molar-refractivity contribution in [3.8, 4) is 11.5 Å². The van der Waals surface area contributed by atoms with Gasteiger partial charge in [-0.3, -0.25) is 9.59 Å². The van der Waals surface area contributed by atoms with E-state index in [0.717, 1.165) is 5.56 Å². The van der Waals surface area contributed by atoms with Crippen molar-refractivity contribution in [1.29, 1.82) is 0 Å². The van der Waals surface area contributed by atoms with Crippen molar-refractivity contribution >= 4 is 17.4 Å². The predicted octanol–water partition coefficient (Wildman–Crippen LogP) is 5.18. The van der Waals surface area contributed by atoms with E-state index in [4.69, 9.17) is 9.47 Å². The fraction of sp³-hybridized carbons (Fsp3) is 0.333. The largest absolute Gasteiger partial charge is 0.507 e. The molecule has 1 fully saturated rings.